The summed E-state index contributed by atoms with van der Waals surface area (Å²) in [5.74, 6) is 0. The molecule has 1 fully saturated rings. The molecular weight excluding hydrogens is 324 g/mol. The Labute approximate surface area is 123 Å². The van der Waals surface area contributed by atoms with E-state index in [1.54, 1.807) is 0 Å². The molecule has 9 heteroatoms. The fourth-order valence-corrected chi connectivity index (χ4v) is 4.30. The van der Waals surface area contributed by atoms with Gasteiger partial charge in [0.2, 0.25) is 10.0 Å². The summed E-state index contributed by atoms with van der Waals surface area (Å²) in [7, 11) is -0.465. The SMILES string of the molecule is CN1CCN(S(=O)(=O)c2cccc(S(=O)(=O)Cl)c2)CC1. The molecule has 6 nitrogen and oxygen atoms in total. The van der Waals surface area contributed by atoms with Gasteiger partial charge in [-0.25, -0.2) is 16.8 Å². The summed E-state index contributed by atoms with van der Waals surface area (Å²) >= 11 is 0. The van der Waals surface area contributed by atoms with Gasteiger partial charge in [-0.05, 0) is 25.2 Å². The first-order chi connectivity index (χ1) is 9.21. The second-order valence-electron chi connectivity index (χ2n) is 4.62. The van der Waals surface area contributed by atoms with Gasteiger partial charge in [0.25, 0.3) is 9.05 Å². The van der Waals surface area contributed by atoms with Crippen LogP contribution < -0.4 is 0 Å². The molecule has 0 spiro atoms. The van der Waals surface area contributed by atoms with Gasteiger partial charge in [-0.15, -0.1) is 0 Å². The molecule has 2 rings (SSSR count). The van der Waals surface area contributed by atoms with Crippen molar-refractivity contribution in [3.63, 3.8) is 0 Å². The molecule has 1 aromatic rings. The summed E-state index contributed by atoms with van der Waals surface area (Å²) < 4.78 is 48.8. The van der Waals surface area contributed by atoms with Crippen LogP contribution in [0.4, 0.5) is 0 Å². The van der Waals surface area contributed by atoms with Crippen LogP contribution in [-0.2, 0) is 19.1 Å². The van der Waals surface area contributed by atoms with Crippen LogP contribution in [0.2, 0.25) is 0 Å². The molecule has 0 atom stereocenters. The minimum atomic E-state index is -3.94. The molecular formula is C11H15ClN2O4S2. The van der Waals surface area contributed by atoms with Crippen LogP contribution >= 0.6 is 10.7 Å². The Morgan fingerprint density at radius 2 is 1.55 bits per heavy atom. The zero-order chi connectivity index (χ0) is 15.0. The fraction of sp³-hybridized carbons (Fsp3) is 0.455. The molecule has 1 heterocycles. The van der Waals surface area contributed by atoms with Crippen molar-refractivity contribution in [3.05, 3.63) is 24.3 Å². The molecule has 1 saturated heterocycles. The van der Waals surface area contributed by atoms with E-state index in [4.69, 9.17) is 10.7 Å². The highest BCUT2D eigenvalue weighted by atomic mass is 35.7. The topological polar surface area (TPSA) is 74.8 Å². The lowest BCUT2D eigenvalue weighted by atomic mass is 10.4. The molecule has 0 aliphatic carbocycles. The van der Waals surface area contributed by atoms with Crippen molar-refractivity contribution in [3.8, 4) is 0 Å². The number of sulfonamides is 1. The molecule has 0 unspecified atom stereocenters. The van der Waals surface area contributed by atoms with E-state index >= 15 is 0 Å². The summed E-state index contributed by atoms with van der Waals surface area (Å²) in [6.45, 7) is 2.06. The van der Waals surface area contributed by atoms with E-state index in [1.165, 1.54) is 22.5 Å². The van der Waals surface area contributed by atoms with E-state index < -0.39 is 19.1 Å². The van der Waals surface area contributed by atoms with Gasteiger partial charge in [0, 0.05) is 36.9 Å². The lowest BCUT2D eigenvalue weighted by molar-refractivity contribution is 0.222. The van der Waals surface area contributed by atoms with E-state index in [-0.39, 0.29) is 9.79 Å². The highest BCUT2D eigenvalue weighted by Gasteiger charge is 2.28. The van der Waals surface area contributed by atoms with E-state index in [0.717, 1.165) is 6.07 Å². The molecule has 0 radical (unpaired) electrons. The van der Waals surface area contributed by atoms with Gasteiger partial charge in [-0.2, -0.15) is 4.31 Å². The van der Waals surface area contributed by atoms with Crippen molar-refractivity contribution in [2.45, 2.75) is 9.79 Å². The molecule has 1 aromatic carbocycles. The van der Waals surface area contributed by atoms with Crippen LogP contribution in [0.3, 0.4) is 0 Å². The predicted octanol–water partition coefficient (Wildman–Crippen LogP) is 0.550. The van der Waals surface area contributed by atoms with Crippen molar-refractivity contribution >= 4 is 29.8 Å². The minimum Gasteiger partial charge on any atom is -0.304 e. The first-order valence-electron chi connectivity index (χ1n) is 5.95. The summed E-state index contributed by atoms with van der Waals surface area (Å²) in [6.07, 6.45) is 0. The molecule has 0 bridgehead atoms. The molecule has 112 valence electrons. The highest BCUT2D eigenvalue weighted by Crippen LogP contribution is 2.22. The molecule has 1 aliphatic heterocycles. The second-order valence-corrected chi connectivity index (χ2v) is 9.12. The number of rotatable bonds is 3. The molecule has 20 heavy (non-hydrogen) atoms. The van der Waals surface area contributed by atoms with Gasteiger partial charge in [-0.3, -0.25) is 0 Å². The summed E-state index contributed by atoms with van der Waals surface area (Å²) in [4.78, 5) is 1.77. The average molecular weight is 339 g/mol. The van der Waals surface area contributed by atoms with Crippen LogP contribution in [0.1, 0.15) is 0 Å². The highest BCUT2D eigenvalue weighted by molar-refractivity contribution is 8.13. The minimum absolute atomic E-state index is 0.0521. The number of nitrogens with zero attached hydrogens (tertiary/aromatic N) is 2. The van der Waals surface area contributed by atoms with Gasteiger partial charge in [0.1, 0.15) is 0 Å². The Bertz CT molecular complexity index is 695. The van der Waals surface area contributed by atoms with Crippen molar-refractivity contribution < 1.29 is 16.8 Å². The zero-order valence-corrected chi connectivity index (χ0v) is 13.2. The molecule has 0 saturated carbocycles. The molecule has 0 aromatic heterocycles. The number of halogens is 1. The van der Waals surface area contributed by atoms with E-state index in [9.17, 15) is 16.8 Å². The van der Waals surface area contributed by atoms with Gasteiger partial charge < -0.3 is 4.90 Å². The smallest absolute Gasteiger partial charge is 0.261 e. The van der Waals surface area contributed by atoms with Crippen LogP contribution in [0.5, 0.6) is 0 Å². The molecule has 0 amide bonds. The summed E-state index contributed by atoms with van der Waals surface area (Å²) in [5, 5.41) is 0. The van der Waals surface area contributed by atoms with Crippen molar-refractivity contribution in [1.82, 2.24) is 9.21 Å². The number of likely N-dealkylation sites (N-methyl/N-ethyl adjacent to an activating group) is 1. The Hall–Kier alpha value is -0.670. The third-order valence-corrected chi connectivity index (χ3v) is 6.43. The Balaban J connectivity index is 2.35. The van der Waals surface area contributed by atoms with E-state index in [1.807, 2.05) is 11.9 Å². The van der Waals surface area contributed by atoms with Crippen molar-refractivity contribution in [2.24, 2.45) is 0 Å². The average Bonchev–Trinajstić information content (AvgIpc) is 2.38. The Morgan fingerprint density at radius 3 is 2.10 bits per heavy atom. The summed E-state index contributed by atoms with van der Waals surface area (Å²) in [6, 6.07) is 5.11. The molecule has 0 N–H and O–H groups in total. The van der Waals surface area contributed by atoms with Crippen molar-refractivity contribution in [2.75, 3.05) is 33.2 Å². The zero-order valence-electron chi connectivity index (χ0n) is 10.9. The third kappa shape index (κ3) is 3.32. The lowest BCUT2D eigenvalue weighted by Gasteiger charge is -2.31. The normalized spacial score (nSPS) is 19.1. The Morgan fingerprint density at radius 1 is 1.00 bits per heavy atom. The number of piperazine rings is 1. The monoisotopic (exact) mass is 338 g/mol. The quantitative estimate of drug-likeness (QED) is 0.752. The fourth-order valence-electron chi connectivity index (χ4n) is 1.96. The maximum Gasteiger partial charge on any atom is 0.261 e. The Kier molecular flexibility index (Phi) is 4.41. The van der Waals surface area contributed by atoms with Gasteiger partial charge >= 0.3 is 0 Å². The lowest BCUT2D eigenvalue weighted by Crippen LogP contribution is -2.47. The van der Waals surface area contributed by atoms with Crippen molar-refractivity contribution in [1.29, 1.82) is 0 Å². The summed E-state index contributed by atoms with van der Waals surface area (Å²) in [5.41, 5.74) is 0. The number of hydrogen-bond donors (Lipinski definition) is 0. The third-order valence-electron chi connectivity index (χ3n) is 3.19. The number of benzene rings is 1. The second kappa shape index (κ2) is 5.61. The van der Waals surface area contributed by atoms with Crippen LogP contribution in [0.25, 0.3) is 0 Å². The van der Waals surface area contributed by atoms with Crippen LogP contribution in [0.15, 0.2) is 34.1 Å². The van der Waals surface area contributed by atoms with Gasteiger partial charge in [0.15, 0.2) is 0 Å². The molecule has 1 aliphatic rings. The maximum atomic E-state index is 12.4. The predicted molar refractivity (Wildman–Crippen MR) is 75.7 cm³/mol. The standard InChI is InChI=1S/C11H15ClN2O4S2/c1-13-5-7-14(8-6-13)20(17,18)11-4-2-3-10(9-11)19(12,15)16/h2-4,9H,5-8H2,1H3. The first-order valence-corrected chi connectivity index (χ1v) is 9.69. The van der Waals surface area contributed by atoms with Crippen LogP contribution in [0, 0.1) is 0 Å². The van der Waals surface area contributed by atoms with Gasteiger partial charge in [-0.1, -0.05) is 6.07 Å². The number of hydrogen-bond acceptors (Lipinski definition) is 5. The van der Waals surface area contributed by atoms with E-state index in [2.05, 4.69) is 0 Å². The van der Waals surface area contributed by atoms with Crippen LogP contribution in [-0.4, -0.2) is 59.3 Å². The largest absolute Gasteiger partial charge is 0.304 e. The maximum absolute atomic E-state index is 12.4. The van der Waals surface area contributed by atoms with Gasteiger partial charge in [0.05, 0.1) is 9.79 Å². The first kappa shape index (κ1) is 15.7. The van der Waals surface area contributed by atoms with E-state index in [0.29, 0.717) is 26.2 Å².